The molecule has 0 aromatic heterocycles. The van der Waals surface area contributed by atoms with E-state index >= 15 is 0 Å². The van der Waals surface area contributed by atoms with Crippen LogP contribution in [0.1, 0.15) is 10.4 Å². The van der Waals surface area contributed by atoms with E-state index in [1.807, 2.05) is 0 Å². The molecule has 0 aliphatic carbocycles. The summed E-state index contributed by atoms with van der Waals surface area (Å²) < 4.78 is 9.85. The first-order valence-electron chi connectivity index (χ1n) is 5.15. The van der Waals surface area contributed by atoms with Crippen molar-refractivity contribution in [3.8, 4) is 5.75 Å². The number of nitrogens with zero attached hydrogens (tertiary/aromatic N) is 1. The number of benzene rings is 1. The van der Waals surface area contributed by atoms with Crippen molar-refractivity contribution < 1.29 is 19.1 Å². The molecule has 98 valence electrons. The monoisotopic (exact) mass is 269 g/mol. The zero-order valence-corrected chi connectivity index (χ0v) is 11.5. The largest absolute Gasteiger partial charge is 0.496 e. The Morgan fingerprint density at radius 3 is 2.39 bits per heavy atom. The van der Waals surface area contributed by atoms with Crippen LogP contribution in [0.25, 0.3) is 0 Å². The van der Waals surface area contributed by atoms with Gasteiger partial charge in [-0.15, -0.1) is 0 Å². The molecule has 1 aromatic carbocycles. The Morgan fingerprint density at radius 2 is 1.89 bits per heavy atom. The number of carbonyl (C=O) groups is 2. The summed E-state index contributed by atoms with van der Waals surface area (Å²) >= 11 is 0.934. The van der Waals surface area contributed by atoms with Gasteiger partial charge in [-0.1, -0.05) is 6.07 Å². The van der Waals surface area contributed by atoms with Crippen LogP contribution in [-0.2, 0) is 4.74 Å². The molecule has 0 saturated carbocycles. The number of hydrogen-bond acceptors (Lipinski definition) is 5. The first-order valence-corrected chi connectivity index (χ1v) is 5.97. The van der Waals surface area contributed by atoms with Crippen LogP contribution in [0, 0.1) is 0 Å². The van der Waals surface area contributed by atoms with Crippen LogP contribution in [-0.4, -0.2) is 44.4 Å². The molecule has 0 aliphatic heterocycles. The molecule has 0 aliphatic rings. The van der Waals surface area contributed by atoms with E-state index in [0.29, 0.717) is 16.2 Å². The third kappa shape index (κ3) is 3.16. The fourth-order valence-corrected chi connectivity index (χ4v) is 2.10. The van der Waals surface area contributed by atoms with Gasteiger partial charge in [-0.2, -0.15) is 0 Å². The molecule has 0 saturated heterocycles. The predicted molar refractivity (Wildman–Crippen MR) is 69.3 cm³/mol. The Labute approximate surface area is 110 Å². The first-order chi connectivity index (χ1) is 8.51. The van der Waals surface area contributed by atoms with Crippen molar-refractivity contribution in [3.63, 3.8) is 0 Å². The van der Waals surface area contributed by atoms with E-state index in [1.165, 1.54) is 19.1 Å². The summed E-state index contributed by atoms with van der Waals surface area (Å²) in [7, 11) is 6.07. The van der Waals surface area contributed by atoms with E-state index in [0.717, 1.165) is 11.8 Å². The van der Waals surface area contributed by atoms with Crippen molar-refractivity contribution in [2.24, 2.45) is 0 Å². The lowest BCUT2D eigenvalue weighted by Gasteiger charge is -2.14. The molecule has 1 aromatic rings. The quantitative estimate of drug-likeness (QED) is 0.622. The Kier molecular flexibility index (Phi) is 5.03. The number of amides is 1. The lowest BCUT2D eigenvalue weighted by atomic mass is 10.2. The van der Waals surface area contributed by atoms with Crippen molar-refractivity contribution in [2.75, 3.05) is 28.3 Å². The molecule has 0 N–H and O–H groups in total. The van der Waals surface area contributed by atoms with E-state index < -0.39 is 5.97 Å². The van der Waals surface area contributed by atoms with E-state index in [9.17, 15) is 9.59 Å². The maximum atomic E-state index is 11.7. The highest BCUT2D eigenvalue weighted by Gasteiger charge is 2.20. The topological polar surface area (TPSA) is 55.8 Å². The highest BCUT2D eigenvalue weighted by molar-refractivity contribution is 8.13. The van der Waals surface area contributed by atoms with Gasteiger partial charge in [-0.25, -0.2) is 4.79 Å². The molecule has 0 heterocycles. The molecule has 0 spiro atoms. The zero-order valence-electron chi connectivity index (χ0n) is 10.7. The smallest absolute Gasteiger partial charge is 0.339 e. The molecular weight excluding hydrogens is 254 g/mol. The number of carbonyl (C=O) groups excluding carboxylic acids is 2. The molecule has 18 heavy (non-hydrogen) atoms. The predicted octanol–water partition coefficient (Wildman–Crippen LogP) is 2.26. The van der Waals surface area contributed by atoms with Crippen LogP contribution >= 0.6 is 11.8 Å². The summed E-state index contributed by atoms with van der Waals surface area (Å²) in [6.45, 7) is 0. The van der Waals surface area contributed by atoms with Gasteiger partial charge in [0.25, 0.3) is 5.24 Å². The van der Waals surface area contributed by atoms with Gasteiger partial charge in [-0.3, -0.25) is 4.79 Å². The van der Waals surface area contributed by atoms with Crippen LogP contribution in [0.3, 0.4) is 0 Å². The Morgan fingerprint density at radius 1 is 1.22 bits per heavy atom. The van der Waals surface area contributed by atoms with E-state index in [-0.39, 0.29) is 5.24 Å². The van der Waals surface area contributed by atoms with Crippen LogP contribution in [0.4, 0.5) is 4.79 Å². The van der Waals surface area contributed by atoms with Gasteiger partial charge >= 0.3 is 5.97 Å². The van der Waals surface area contributed by atoms with Crippen molar-refractivity contribution >= 4 is 23.0 Å². The minimum atomic E-state index is -0.497. The van der Waals surface area contributed by atoms with Gasteiger partial charge in [0.05, 0.1) is 24.7 Å². The summed E-state index contributed by atoms with van der Waals surface area (Å²) in [4.78, 5) is 25.3. The SMILES string of the molecule is COC(=O)c1cccc(OC)c1SC(=O)N(C)C. The van der Waals surface area contributed by atoms with Crippen molar-refractivity contribution in [2.45, 2.75) is 4.90 Å². The fraction of sp³-hybridized carbons (Fsp3) is 0.333. The minimum absolute atomic E-state index is 0.190. The fourth-order valence-electron chi connectivity index (χ4n) is 1.23. The number of methoxy groups -OCH3 is 2. The third-order valence-corrected chi connectivity index (χ3v) is 3.32. The summed E-state index contributed by atoms with van der Waals surface area (Å²) in [5, 5.41) is -0.190. The average Bonchev–Trinajstić information content (AvgIpc) is 2.37. The van der Waals surface area contributed by atoms with Crippen molar-refractivity contribution in [1.82, 2.24) is 4.90 Å². The van der Waals surface area contributed by atoms with Gasteiger partial charge < -0.3 is 14.4 Å². The molecule has 0 fully saturated rings. The molecule has 0 bridgehead atoms. The molecule has 1 amide bonds. The summed E-state index contributed by atoms with van der Waals surface area (Å²) in [6, 6.07) is 4.96. The molecule has 0 radical (unpaired) electrons. The molecule has 1 rings (SSSR count). The Hall–Kier alpha value is -1.69. The minimum Gasteiger partial charge on any atom is -0.496 e. The maximum absolute atomic E-state index is 11.7. The summed E-state index contributed by atoms with van der Waals surface area (Å²) in [5.74, 6) is -0.0268. The highest BCUT2D eigenvalue weighted by atomic mass is 32.2. The molecule has 5 nitrogen and oxygen atoms in total. The van der Waals surface area contributed by atoms with Crippen LogP contribution in [0.15, 0.2) is 23.1 Å². The van der Waals surface area contributed by atoms with E-state index in [2.05, 4.69) is 4.74 Å². The van der Waals surface area contributed by atoms with Crippen LogP contribution in [0.2, 0.25) is 0 Å². The van der Waals surface area contributed by atoms with E-state index in [4.69, 9.17) is 4.74 Å². The lowest BCUT2D eigenvalue weighted by molar-refractivity contribution is 0.0596. The normalized spacial score (nSPS) is 9.78. The highest BCUT2D eigenvalue weighted by Crippen LogP contribution is 2.34. The molecule has 6 heteroatoms. The lowest BCUT2D eigenvalue weighted by Crippen LogP contribution is -2.17. The second kappa shape index (κ2) is 6.30. The third-order valence-electron chi connectivity index (χ3n) is 2.16. The Balaban J connectivity index is 3.20. The van der Waals surface area contributed by atoms with Crippen molar-refractivity contribution in [3.05, 3.63) is 23.8 Å². The van der Waals surface area contributed by atoms with Crippen LogP contribution in [0.5, 0.6) is 5.75 Å². The van der Waals surface area contributed by atoms with Crippen LogP contribution < -0.4 is 4.74 Å². The standard InChI is InChI=1S/C12H15NO4S/c1-13(2)12(15)18-10-8(11(14)17-4)6-5-7-9(10)16-3/h5-7H,1-4H3. The maximum Gasteiger partial charge on any atom is 0.339 e. The number of rotatable bonds is 3. The summed E-state index contributed by atoms with van der Waals surface area (Å²) in [5.41, 5.74) is 0.317. The van der Waals surface area contributed by atoms with Gasteiger partial charge in [0, 0.05) is 14.1 Å². The summed E-state index contributed by atoms with van der Waals surface area (Å²) in [6.07, 6.45) is 0. The average molecular weight is 269 g/mol. The molecular formula is C12H15NO4S. The zero-order chi connectivity index (χ0) is 13.7. The van der Waals surface area contributed by atoms with Gasteiger partial charge in [-0.05, 0) is 23.9 Å². The molecule has 0 unspecified atom stereocenters. The number of hydrogen-bond donors (Lipinski definition) is 0. The molecule has 0 atom stereocenters. The number of thioether (sulfide) groups is 1. The van der Waals surface area contributed by atoms with Gasteiger partial charge in [0.15, 0.2) is 0 Å². The second-order valence-corrected chi connectivity index (χ2v) is 4.55. The van der Waals surface area contributed by atoms with Gasteiger partial charge in [0.2, 0.25) is 0 Å². The number of ether oxygens (including phenoxy) is 2. The van der Waals surface area contributed by atoms with E-state index in [1.54, 1.807) is 32.3 Å². The number of esters is 1. The Bertz CT molecular complexity index is 459. The second-order valence-electron chi connectivity index (χ2n) is 3.59. The van der Waals surface area contributed by atoms with Crippen molar-refractivity contribution in [1.29, 1.82) is 0 Å². The van der Waals surface area contributed by atoms with Gasteiger partial charge in [0.1, 0.15) is 5.75 Å². The first kappa shape index (κ1) is 14.4.